The summed E-state index contributed by atoms with van der Waals surface area (Å²) in [6, 6.07) is 55.4. The summed E-state index contributed by atoms with van der Waals surface area (Å²) in [6.45, 7) is 31.2. The number of rotatable bonds is 12. The molecule has 6 aliphatic carbocycles. The Morgan fingerprint density at radius 2 is 0.586 bits per heavy atom. The average Bonchev–Trinajstić information content (AvgIpc) is 1.81. The number of hydrogen-bond donors (Lipinski definition) is 0. The molecule has 620 valence electrons. The molecule has 0 amide bonds. The van der Waals surface area contributed by atoms with Gasteiger partial charge in [0.25, 0.3) is 0 Å². The van der Waals surface area contributed by atoms with Gasteiger partial charge in [0.05, 0.1) is 34.0 Å². The van der Waals surface area contributed by atoms with Crippen LogP contribution in [-0.2, 0) is 48.7 Å². The van der Waals surface area contributed by atoms with E-state index >= 15 is 0 Å². The van der Waals surface area contributed by atoms with Crippen molar-refractivity contribution in [1.29, 1.82) is 0 Å². The van der Waals surface area contributed by atoms with E-state index in [-0.39, 0.29) is 64.8 Å². The number of halogens is 5. The van der Waals surface area contributed by atoms with Gasteiger partial charge in [-0.1, -0.05) is 170 Å². The molecule has 4 nitrogen and oxygen atoms in total. The van der Waals surface area contributed by atoms with Crippen LogP contribution in [0.5, 0.6) is 0 Å². The van der Waals surface area contributed by atoms with E-state index in [2.05, 4.69) is 225 Å². The van der Waals surface area contributed by atoms with Crippen LogP contribution < -0.4 is 27.1 Å². The molecule has 0 bridgehead atoms. The molecule has 8 aliphatic rings. The maximum atomic E-state index is 5.67. The van der Waals surface area contributed by atoms with Gasteiger partial charge < -0.3 is 37.1 Å². The molecular weight excluding hydrogens is 1670 g/mol. The van der Waals surface area contributed by atoms with Crippen molar-refractivity contribution < 1.29 is 44.0 Å². The second-order valence-corrected chi connectivity index (χ2v) is 54.7. The number of nitrogens with zero attached hydrogens (tertiary/aromatic N) is 4. The molecule has 0 saturated heterocycles. The summed E-state index contributed by atoms with van der Waals surface area (Å²) in [6.07, 6.45) is 54.0. The van der Waals surface area contributed by atoms with Crippen molar-refractivity contribution in [2.24, 2.45) is 0 Å². The molecule has 2 aliphatic heterocycles. The third-order valence-corrected chi connectivity index (χ3v) is 37.0. The first-order valence-corrected chi connectivity index (χ1v) is 56.6. The summed E-state index contributed by atoms with van der Waals surface area (Å²) in [4.78, 5) is 6.65. The Morgan fingerprint density at radius 3 is 0.829 bits per heavy atom. The molecule has 0 radical (unpaired) electrons. The molecule has 14 rings (SSSR count). The van der Waals surface area contributed by atoms with E-state index in [1.54, 1.807) is 193 Å². The SMILES string of the molecule is C1CCC([PH+](C2CCCCC2)C2CCCCC2)CC1.C1CCC([PH+](C2CCCCC2)C2CCCCC2)CC1.CC(C)(C)c1ccc(N2C=CN(c3ccc(C(C)(C)C)cc3)[CH-]2)cc1.CC(C)(C)c1ccc(N2C=[N+](c3ccc(C(C)(C)C)cc3)CC2)cc1.[CH3-].[CH3-].[Cl-].[Cl][Ru]([Cl])=[CH]c1ccccc1.[Cl][Ru]([Cl])=[CH]c1ccccc1. The van der Waals surface area contributed by atoms with Gasteiger partial charge in [0.15, 0.2) is 0 Å². The molecule has 0 unspecified atom stereocenters. The van der Waals surface area contributed by atoms with Gasteiger partial charge in [-0.15, -0.1) is 6.67 Å². The van der Waals surface area contributed by atoms with Crippen LogP contribution in [0.1, 0.15) is 309 Å². The number of benzene rings is 6. The van der Waals surface area contributed by atoms with E-state index in [4.69, 9.17) is 38.8 Å². The standard InChI is InChI=1S/C23H31N2.C23H29N2.2C18H33P.2C7H6.2CH3.5ClH.2Ru/c2*1-22(2,3)18-7-11-20(12-8-18)24-15-16-25(17-24)21-13-9-19(10-14-21)23(4,5)6;2*1-4-10-16(11-5-1)19(17-12-6-2-7-13-17)18-14-8-3-9-15-18;2*1-7-5-3-2-4-6-7;;;;;;;;;/h7-14,17H,15-16H2,1-6H3;7-17H,1-6H3;2*16-18H,1-15H2;2*1-6H;2*1H3;5*1H;;/q+1;-1;;;;;2*-1;;;;;;2*+2/p-3. The monoisotopic (exact) mass is 1820 g/mol. The molecule has 6 saturated carbocycles. The fourth-order valence-corrected chi connectivity index (χ4v) is 32.1. The number of hydrogen-bond acceptors (Lipinski definition) is 3. The summed E-state index contributed by atoms with van der Waals surface area (Å²) in [5.41, 5.74) is 20.7. The molecule has 0 aromatic heterocycles. The molecule has 13 heteroatoms. The van der Waals surface area contributed by atoms with Gasteiger partial charge in [0.1, 0.15) is 24.5 Å². The first-order chi connectivity index (χ1) is 51.8. The molecule has 6 aromatic rings. The molecule has 0 N–H and O–H groups in total. The minimum atomic E-state index is -1.61. The normalized spacial score (nSPS) is 18.7. The van der Waals surface area contributed by atoms with Gasteiger partial charge in [-0.25, -0.2) is 9.48 Å². The van der Waals surface area contributed by atoms with E-state index in [0.29, 0.717) is 0 Å². The zero-order valence-electron chi connectivity index (χ0n) is 71.0. The van der Waals surface area contributed by atoms with Crippen molar-refractivity contribution in [3.05, 3.63) is 225 Å². The third-order valence-electron chi connectivity index (χ3n) is 24.1. The van der Waals surface area contributed by atoms with Crippen LogP contribution in [0.3, 0.4) is 0 Å². The molecule has 0 atom stereocenters. The molecule has 111 heavy (non-hydrogen) atoms. The van der Waals surface area contributed by atoms with E-state index in [1.807, 2.05) is 69.9 Å². The van der Waals surface area contributed by atoms with Crippen LogP contribution in [0, 0.1) is 21.5 Å². The number of anilines is 3. The summed E-state index contributed by atoms with van der Waals surface area (Å²) < 4.78 is 6.19. The van der Waals surface area contributed by atoms with E-state index in [1.165, 1.54) is 79.0 Å². The Bertz CT molecular complexity index is 3390. The van der Waals surface area contributed by atoms with Crippen LogP contribution in [-0.4, -0.2) is 67.2 Å². The van der Waals surface area contributed by atoms with Gasteiger partial charge in [-0.2, -0.15) is 0 Å². The third kappa shape index (κ3) is 32.6. The van der Waals surface area contributed by atoms with E-state index in [9.17, 15) is 0 Å². The van der Waals surface area contributed by atoms with E-state index in [0.717, 1.165) is 24.2 Å². The Morgan fingerprint density at radius 1 is 0.342 bits per heavy atom. The zero-order valence-corrected chi connectivity index (χ0v) is 80.2. The quantitative estimate of drug-likeness (QED) is 0.0525. The molecule has 6 fully saturated rings. The van der Waals surface area contributed by atoms with Gasteiger partial charge in [0, 0.05) is 27.2 Å². The molecule has 0 spiro atoms. The van der Waals surface area contributed by atoms with Crippen molar-refractivity contribution in [2.75, 3.05) is 27.8 Å². The summed E-state index contributed by atoms with van der Waals surface area (Å²) in [5, 5.41) is 0. The topological polar surface area (TPSA) is 12.7 Å². The molecule has 2 heterocycles. The van der Waals surface area contributed by atoms with Gasteiger partial charge in [-0.05, 0) is 259 Å². The van der Waals surface area contributed by atoms with Crippen LogP contribution in [0.4, 0.5) is 22.7 Å². The van der Waals surface area contributed by atoms with Crippen LogP contribution in [0.2, 0.25) is 0 Å². The Balaban J connectivity index is 0.000000213. The van der Waals surface area contributed by atoms with Gasteiger partial charge in [0.2, 0.25) is 6.34 Å². The average molecular weight is 1820 g/mol. The van der Waals surface area contributed by atoms with Gasteiger partial charge >= 0.3 is 147 Å². The van der Waals surface area contributed by atoms with Gasteiger partial charge in [-0.3, -0.25) is 0 Å². The summed E-state index contributed by atoms with van der Waals surface area (Å²) >= 11 is -3.23. The molecular formula is C98H146Cl5N4P2Ru2-. The minimum absolute atomic E-state index is 0. The predicted octanol–water partition coefficient (Wildman–Crippen LogP) is 27.5. The Labute approximate surface area is 714 Å². The zero-order chi connectivity index (χ0) is 77.1. The second kappa shape index (κ2) is 49.1. The van der Waals surface area contributed by atoms with Crippen LogP contribution >= 0.6 is 54.6 Å². The second-order valence-electron chi connectivity index (χ2n) is 36.4. The van der Waals surface area contributed by atoms with Crippen molar-refractivity contribution in [3.8, 4) is 0 Å². The maximum absolute atomic E-state index is 5.67. The van der Waals surface area contributed by atoms with Crippen LogP contribution in [0.15, 0.2) is 170 Å². The fraction of sp³-hybridized carbons (Fsp3) is 0.551. The van der Waals surface area contributed by atoms with Crippen LogP contribution in [0.25, 0.3) is 0 Å². The van der Waals surface area contributed by atoms with Crippen molar-refractivity contribution >= 4 is 92.9 Å². The molecule has 6 aromatic carbocycles. The fourth-order valence-electron chi connectivity index (χ4n) is 18.0. The van der Waals surface area contributed by atoms with Crippen molar-refractivity contribution in [1.82, 2.24) is 0 Å². The Hall–Kier alpha value is -2.57. The van der Waals surface area contributed by atoms with Crippen molar-refractivity contribution in [2.45, 2.75) is 331 Å². The summed E-state index contributed by atoms with van der Waals surface area (Å²) in [7, 11) is 22.6. The van der Waals surface area contributed by atoms with Crippen molar-refractivity contribution in [3.63, 3.8) is 0 Å². The Kier molecular flexibility index (Phi) is 43.0. The first-order valence-electron chi connectivity index (χ1n) is 42.2. The predicted molar refractivity (Wildman–Crippen MR) is 494 cm³/mol. The first kappa shape index (κ1) is 97.3. The summed E-state index contributed by atoms with van der Waals surface area (Å²) in [5.74, 6) is 0. The van der Waals surface area contributed by atoms with E-state index < -0.39 is 27.0 Å².